The highest BCUT2D eigenvalue weighted by molar-refractivity contribution is 5.67. The molecule has 2 heterocycles. The summed E-state index contributed by atoms with van der Waals surface area (Å²) in [7, 11) is 0. The minimum Gasteiger partial charge on any atom is -0.481 e. The number of aryl methyl sites for hydroxylation is 2. The fourth-order valence-electron chi connectivity index (χ4n) is 1.92. The Morgan fingerprint density at radius 1 is 1.33 bits per heavy atom. The number of aromatic nitrogens is 3. The van der Waals surface area contributed by atoms with Gasteiger partial charge in [-0.3, -0.25) is 4.79 Å². The smallest absolute Gasteiger partial charge is 0.303 e. The van der Waals surface area contributed by atoms with E-state index < -0.39 is 5.97 Å². The topological polar surface area (TPSA) is 78.9 Å². The number of hydrogen-bond acceptors (Lipinski definition) is 3. The predicted molar refractivity (Wildman–Crippen MR) is 67.2 cm³/mol. The van der Waals surface area contributed by atoms with Gasteiger partial charge < -0.3 is 10.1 Å². The van der Waals surface area contributed by atoms with Crippen LogP contribution >= 0.6 is 0 Å². The molecule has 2 aromatic rings. The zero-order chi connectivity index (χ0) is 13.1. The van der Waals surface area contributed by atoms with Crippen molar-refractivity contribution in [1.82, 2.24) is 15.0 Å². The highest BCUT2D eigenvalue weighted by Crippen LogP contribution is 2.18. The number of nitrogens with one attached hydrogen (secondary N) is 1. The molecule has 94 valence electrons. The maximum absolute atomic E-state index is 10.6. The van der Waals surface area contributed by atoms with Gasteiger partial charge in [0.15, 0.2) is 5.82 Å². The lowest BCUT2D eigenvalue weighted by Gasteiger charge is -2.09. The quantitative estimate of drug-likeness (QED) is 0.864. The van der Waals surface area contributed by atoms with Gasteiger partial charge in [-0.15, -0.1) is 0 Å². The standard InChI is InChI=1S/C13H15N3O2/c1-8-10(5-6-12(17)18)9(2)16-13(15-8)11-4-3-7-14-11/h3-4,7,14H,5-6H2,1-2H3,(H,17,18). The number of carboxylic acids is 1. The van der Waals surface area contributed by atoms with Crippen LogP contribution in [0.25, 0.3) is 11.5 Å². The van der Waals surface area contributed by atoms with Crippen LogP contribution in [0.2, 0.25) is 0 Å². The van der Waals surface area contributed by atoms with Gasteiger partial charge in [-0.05, 0) is 38.0 Å². The van der Waals surface area contributed by atoms with E-state index >= 15 is 0 Å². The summed E-state index contributed by atoms with van der Waals surface area (Å²) in [5.41, 5.74) is 3.47. The first kappa shape index (κ1) is 12.3. The normalized spacial score (nSPS) is 10.6. The summed E-state index contributed by atoms with van der Waals surface area (Å²) in [5, 5.41) is 8.72. The third-order valence-corrected chi connectivity index (χ3v) is 2.85. The van der Waals surface area contributed by atoms with E-state index in [2.05, 4.69) is 15.0 Å². The molecule has 18 heavy (non-hydrogen) atoms. The van der Waals surface area contributed by atoms with Crippen molar-refractivity contribution < 1.29 is 9.90 Å². The zero-order valence-corrected chi connectivity index (χ0v) is 10.4. The second-order valence-corrected chi connectivity index (χ2v) is 4.17. The average Bonchev–Trinajstić information content (AvgIpc) is 2.80. The second-order valence-electron chi connectivity index (χ2n) is 4.17. The van der Waals surface area contributed by atoms with E-state index in [0.29, 0.717) is 12.2 Å². The van der Waals surface area contributed by atoms with Crippen molar-refractivity contribution in [3.63, 3.8) is 0 Å². The van der Waals surface area contributed by atoms with Gasteiger partial charge in [-0.2, -0.15) is 0 Å². The molecule has 0 saturated carbocycles. The van der Waals surface area contributed by atoms with Gasteiger partial charge in [0.1, 0.15) is 0 Å². The lowest BCUT2D eigenvalue weighted by Crippen LogP contribution is -2.06. The summed E-state index contributed by atoms with van der Waals surface area (Å²) in [6.07, 6.45) is 2.40. The average molecular weight is 245 g/mol. The summed E-state index contributed by atoms with van der Waals surface area (Å²) >= 11 is 0. The van der Waals surface area contributed by atoms with Crippen molar-refractivity contribution in [3.05, 3.63) is 35.3 Å². The zero-order valence-electron chi connectivity index (χ0n) is 10.4. The largest absolute Gasteiger partial charge is 0.481 e. The summed E-state index contributed by atoms with van der Waals surface area (Å²) in [6, 6.07) is 3.80. The first-order valence-corrected chi connectivity index (χ1v) is 5.77. The van der Waals surface area contributed by atoms with Crippen LogP contribution in [0.15, 0.2) is 18.3 Å². The lowest BCUT2D eigenvalue weighted by molar-refractivity contribution is -0.136. The van der Waals surface area contributed by atoms with E-state index in [9.17, 15) is 4.79 Å². The van der Waals surface area contributed by atoms with Gasteiger partial charge in [0.25, 0.3) is 0 Å². The summed E-state index contributed by atoms with van der Waals surface area (Å²) < 4.78 is 0. The number of aromatic amines is 1. The molecule has 2 N–H and O–H groups in total. The molecule has 0 unspecified atom stereocenters. The maximum Gasteiger partial charge on any atom is 0.303 e. The van der Waals surface area contributed by atoms with E-state index in [0.717, 1.165) is 22.6 Å². The molecule has 0 fully saturated rings. The summed E-state index contributed by atoms with van der Waals surface area (Å²) in [4.78, 5) is 22.5. The van der Waals surface area contributed by atoms with E-state index in [-0.39, 0.29) is 6.42 Å². The number of carbonyl (C=O) groups is 1. The van der Waals surface area contributed by atoms with Crippen LogP contribution < -0.4 is 0 Å². The van der Waals surface area contributed by atoms with Gasteiger partial charge in [-0.1, -0.05) is 0 Å². The highest BCUT2D eigenvalue weighted by Gasteiger charge is 2.11. The lowest BCUT2D eigenvalue weighted by atomic mass is 10.1. The Morgan fingerprint density at radius 3 is 2.50 bits per heavy atom. The first-order valence-electron chi connectivity index (χ1n) is 5.77. The third kappa shape index (κ3) is 2.56. The molecule has 0 spiro atoms. The summed E-state index contributed by atoms with van der Waals surface area (Å²) in [5.74, 6) is -0.156. The van der Waals surface area contributed by atoms with Gasteiger partial charge in [-0.25, -0.2) is 9.97 Å². The van der Waals surface area contributed by atoms with Crippen LogP contribution in [0.3, 0.4) is 0 Å². The van der Waals surface area contributed by atoms with Gasteiger partial charge in [0, 0.05) is 24.0 Å². The molecule has 0 bridgehead atoms. The number of nitrogens with zero attached hydrogens (tertiary/aromatic N) is 2. The number of rotatable bonds is 4. The molecular weight excluding hydrogens is 230 g/mol. The SMILES string of the molecule is Cc1nc(-c2ccc[nH]2)nc(C)c1CCC(=O)O. The van der Waals surface area contributed by atoms with Crippen LogP contribution in [0.1, 0.15) is 23.4 Å². The Bertz CT molecular complexity index is 539. The Morgan fingerprint density at radius 2 is 2.00 bits per heavy atom. The molecule has 2 rings (SSSR count). The molecule has 0 radical (unpaired) electrons. The minimum atomic E-state index is -0.803. The number of hydrogen-bond donors (Lipinski definition) is 2. The van der Waals surface area contributed by atoms with Crippen molar-refractivity contribution >= 4 is 5.97 Å². The molecular formula is C13H15N3O2. The molecule has 0 amide bonds. The Labute approximate surface area is 105 Å². The van der Waals surface area contributed by atoms with Crippen molar-refractivity contribution in [2.24, 2.45) is 0 Å². The fourth-order valence-corrected chi connectivity index (χ4v) is 1.92. The van der Waals surface area contributed by atoms with Gasteiger partial charge in [0.05, 0.1) is 5.69 Å². The molecule has 0 aromatic carbocycles. The molecule has 2 aromatic heterocycles. The predicted octanol–water partition coefficient (Wildman–Crippen LogP) is 2.11. The number of aliphatic carboxylic acids is 1. The molecule has 0 aliphatic carbocycles. The van der Waals surface area contributed by atoms with Gasteiger partial charge in [0.2, 0.25) is 0 Å². The fraction of sp³-hybridized carbons (Fsp3) is 0.308. The Hall–Kier alpha value is -2.17. The first-order chi connectivity index (χ1) is 8.58. The number of H-pyrrole nitrogens is 1. The van der Waals surface area contributed by atoms with Crippen molar-refractivity contribution in [3.8, 4) is 11.5 Å². The van der Waals surface area contributed by atoms with Crippen molar-refractivity contribution in [2.45, 2.75) is 26.7 Å². The van der Waals surface area contributed by atoms with Crippen molar-refractivity contribution in [2.75, 3.05) is 0 Å². The van der Waals surface area contributed by atoms with E-state index in [4.69, 9.17) is 5.11 Å². The van der Waals surface area contributed by atoms with E-state index in [1.54, 1.807) is 0 Å². The monoisotopic (exact) mass is 245 g/mol. The molecule has 0 saturated heterocycles. The van der Waals surface area contributed by atoms with Crippen molar-refractivity contribution in [1.29, 1.82) is 0 Å². The van der Waals surface area contributed by atoms with Crippen LogP contribution in [-0.2, 0) is 11.2 Å². The Balaban J connectivity index is 2.32. The van der Waals surface area contributed by atoms with Gasteiger partial charge >= 0.3 is 5.97 Å². The molecule has 0 atom stereocenters. The third-order valence-electron chi connectivity index (χ3n) is 2.85. The van der Waals surface area contributed by atoms with Crippen LogP contribution in [-0.4, -0.2) is 26.0 Å². The van der Waals surface area contributed by atoms with Crippen LogP contribution in [0, 0.1) is 13.8 Å². The molecule has 5 nitrogen and oxygen atoms in total. The Kier molecular flexibility index (Phi) is 3.41. The highest BCUT2D eigenvalue weighted by atomic mass is 16.4. The van der Waals surface area contributed by atoms with E-state index in [1.807, 2.05) is 32.2 Å². The maximum atomic E-state index is 10.6. The molecule has 0 aliphatic heterocycles. The molecule has 0 aliphatic rings. The van der Waals surface area contributed by atoms with Crippen LogP contribution in [0.5, 0.6) is 0 Å². The molecule has 5 heteroatoms. The summed E-state index contributed by atoms with van der Waals surface area (Å²) in [6.45, 7) is 3.77. The minimum absolute atomic E-state index is 0.104. The number of carboxylic acid groups (broad SMARTS) is 1. The van der Waals surface area contributed by atoms with E-state index in [1.165, 1.54) is 0 Å². The van der Waals surface area contributed by atoms with Crippen LogP contribution in [0.4, 0.5) is 0 Å². The second kappa shape index (κ2) is 5.00.